The summed E-state index contributed by atoms with van der Waals surface area (Å²) in [5, 5.41) is 2.93. The Morgan fingerprint density at radius 1 is 1.26 bits per heavy atom. The molecule has 0 heterocycles. The molecule has 120 valence electrons. The molecule has 1 unspecified atom stereocenters. The summed E-state index contributed by atoms with van der Waals surface area (Å²) in [5.41, 5.74) is 0.413. The minimum absolute atomic E-state index is 0.00222. The maximum absolute atomic E-state index is 13.2. The molecule has 0 bridgehead atoms. The van der Waals surface area contributed by atoms with E-state index in [0.29, 0.717) is 15.2 Å². The molecule has 0 aromatic heterocycles. The molecular weight excluding hydrogens is 389 g/mol. The van der Waals surface area contributed by atoms with Gasteiger partial charge in [0.05, 0.1) is 16.3 Å². The Hall–Kier alpha value is -1.92. The molecule has 0 spiro atoms. The third kappa shape index (κ3) is 4.53. The van der Waals surface area contributed by atoms with E-state index in [4.69, 9.17) is 16.3 Å². The summed E-state index contributed by atoms with van der Waals surface area (Å²) in [7, 11) is 0. The van der Waals surface area contributed by atoms with Gasteiger partial charge in [0.2, 0.25) is 0 Å². The van der Waals surface area contributed by atoms with Crippen LogP contribution in [0.4, 0.5) is 10.1 Å². The van der Waals surface area contributed by atoms with E-state index in [-0.39, 0.29) is 5.56 Å². The van der Waals surface area contributed by atoms with Gasteiger partial charge in [-0.05, 0) is 53.2 Å². The number of para-hydroxylation sites is 1. The number of esters is 1. The second kappa shape index (κ2) is 7.57. The highest BCUT2D eigenvalue weighted by Crippen LogP contribution is 2.22. The first-order chi connectivity index (χ1) is 10.9. The van der Waals surface area contributed by atoms with Crippen LogP contribution in [-0.4, -0.2) is 18.0 Å². The van der Waals surface area contributed by atoms with Gasteiger partial charge in [-0.15, -0.1) is 0 Å². The highest BCUT2D eigenvalue weighted by Gasteiger charge is 2.21. The zero-order chi connectivity index (χ0) is 17.0. The Labute approximate surface area is 145 Å². The minimum Gasteiger partial charge on any atom is -0.449 e. The zero-order valence-electron chi connectivity index (χ0n) is 12.0. The van der Waals surface area contributed by atoms with Crippen LogP contribution in [0.5, 0.6) is 0 Å². The molecule has 0 saturated carbocycles. The van der Waals surface area contributed by atoms with Crippen molar-refractivity contribution in [2.45, 2.75) is 13.0 Å². The van der Waals surface area contributed by atoms with Crippen LogP contribution in [0.2, 0.25) is 5.02 Å². The normalized spacial score (nSPS) is 11.7. The molecule has 0 aliphatic heterocycles. The van der Waals surface area contributed by atoms with Crippen molar-refractivity contribution in [2.75, 3.05) is 5.32 Å². The first-order valence-electron chi connectivity index (χ1n) is 6.60. The monoisotopic (exact) mass is 399 g/mol. The molecule has 0 aliphatic carbocycles. The molecule has 2 rings (SSSR count). The van der Waals surface area contributed by atoms with Crippen LogP contribution in [0.15, 0.2) is 46.9 Å². The Morgan fingerprint density at radius 2 is 1.96 bits per heavy atom. The SMILES string of the molecule is CC(OC(=O)c1cc(F)ccc1Br)C(=O)Nc1ccccc1Cl. The maximum Gasteiger partial charge on any atom is 0.340 e. The lowest BCUT2D eigenvalue weighted by molar-refractivity contribution is -0.123. The molecule has 0 saturated heterocycles. The standard InChI is InChI=1S/C16H12BrClFNO3/c1-9(15(21)20-14-5-3-2-4-13(14)18)23-16(22)11-8-10(19)6-7-12(11)17/h2-9H,1H3,(H,20,21). The Bertz CT molecular complexity index is 754. The van der Waals surface area contributed by atoms with E-state index < -0.39 is 23.8 Å². The average Bonchev–Trinajstić information content (AvgIpc) is 2.51. The Balaban J connectivity index is 2.05. The number of carbonyl (C=O) groups excluding carboxylic acids is 2. The molecular formula is C16H12BrClFNO3. The summed E-state index contributed by atoms with van der Waals surface area (Å²) in [6, 6.07) is 10.3. The second-order valence-corrected chi connectivity index (χ2v) is 5.90. The number of ether oxygens (including phenoxy) is 1. The van der Waals surface area contributed by atoms with Crippen LogP contribution in [0.3, 0.4) is 0 Å². The van der Waals surface area contributed by atoms with E-state index in [0.717, 1.165) is 6.07 Å². The van der Waals surface area contributed by atoms with Gasteiger partial charge in [-0.1, -0.05) is 23.7 Å². The molecule has 1 atom stereocenters. The zero-order valence-corrected chi connectivity index (χ0v) is 14.3. The fourth-order valence-electron chi connectivity index (χ4n) is 1.73. The summed E-state index contributed by atoms with van der Waals surface area (Å²) in [4.78, 5) is 24.1. The smallest absolute Gasteiger partial charge is 0.340 e. The van der Waals surface area contributed by atoms with E-state index in [1.54, 1.807) is 24.3 Å². The van der Waals surface area contributed by atoms with E-state index in [1.807, 2.05) is 0 Å². The molecule has 0 radical (unpaired) electrons. The molecule has 2 aromatic carbocycles. The van der Waals surface area contributed by atoms with Gasteiger partial charge in [0.25, 0.3) is 5.91 Å². The summed E-state index contributed by atoms with van der Waals surface area (Å²) >= 11 is 9.08. The highest BCUT2D eigenvalue weighted by molar-refractivity contribution is 9.10. The summed E-state index contributed by atoms with van der Waals surface area (Å²) < 4.78 is 18.6. The Morgan fingerprint density at radius 3 is 2.65 bits per heavy atom. The fraction of sp³-hybridized carbons (Fsp3) is 0.125. The van der Waals surface area contributed by atoms with Gasteiger partial charge < -0.3 is 10.1 Å². The number of anilines is 1. The summed E-state index contributed by atoms with van der Waals surface area (Å²) in [6.45, 7) is 1.41. The largest absolute Gasteiger partial charge is 0.449 e. The lowest BCUT2D eigenvalue weighted by Gasteiger charge is -2.14. The van der Waals surface area contributed by atoms with E-state index in [1.165, 1.54) is 19.1 Å². The third-order valence-corrected chi connectivity index (χ3v) is 3.95. The lowest BCUT2D eigenvalue weighted by atomic mass is 10.2. The van der Waals surface area contributed by atoms with Gasteiger partial charge in [-0.3, -0.25) is 4.79 Å². The van der Waals surface area contributed by atoms with Gasteiger partial charge in [-0.25, -0.2) is 9.18 Å². The summed E-state index contributed by atoms with van der Waals surface area (Å²) in [5.74, 6) is -1.93. The van der Waals surface area contributed by atoms with Crippen molar-refractivity contribution in [3.8, 4) is 0 Å². The van der Waals surface area contributed by atoms with Gasteiger partial charge in [0.1, 0.15) is 5.82 Å². The van der Waals surface area contributed by atoms with Crippen LogP contribution in [-0.2, 0) is 9.53 Å². The predicted molar refractivity (Wildman–Crippen MR) is 89.1 cm³/mol. The van der Waals surface area contributed by atoms with Gasteiger partial charge in [-0.2, -0.15) is 0 Å². The number of carbonyl (C=O) groups is 2. The van der Waals surface area contributed by atoms with Crippen LogP contribution in [0, 0.1) is 5.82 Å². The van der Waals surface area contributed by atoms with Crippen LogP contribution in [0.1, 0.15) is 17.3 Å². The Kier molecular flexibility index (Phi) is 5.74. The summed E-state index contributed by atoms with van der Waals surface area (Å²) in [6.07, 6.45) is -1.08. The number of halogens is 3. The molecule has 2 aromatic rings. The first kappa shape index (κ1) is 17.4. The first-order valence-corrected chi connectivity index (χ1v) is 7.77. The van der Waals surface area contributed by atoms with E-state index >= 15 is 0 Å². The molecule has 23 heavy (non-hydrogen) atoms. The number of hydrogen-bond donors (Lipinski definition) is 1. The number of nitrogens with one attached hydrogen (secondary N) is 1. The van der Waals surface area contributed by atoms with Crippen LogP contribution in [0.25, 0.3) is 0 Å². The molecule has 1 N–H and O–H groups in total. The van der Waals surface area contributed by atoms with Crippen molar-refractivity contribution in [1.82, 2.24) is 0 Å². The van der Waals surface area contributed by atoms with Crippen molar-refractivity contribution in [3.63, 3.8) is 0 Å². The topological polar surface area (TPSA) is 55.4 Å². The molecule has 7 heteroatoms. The predicted octanol–water partition coefficient (Wildman–Crippen LogP) is 4.43. The van der Waals surface area contributed by atoms with E-state index in [9.17, 15) is 14.0 Å². The number of benzene rings is 2. The van der Waals surface area contributed by atoms with Gasteiger partial charge in [0, 0.05) is 4.47 Å². The number of amides is 1. The van der Waals surface area contributed by atoms with Crippen molar-refractivity contribution in [3.05, 3.63) is 63.3 Å². The second-order valence-electron chi connectivity index (χ2n) is 4.64. The fourth-order valence-corrected chi connectivity index (χ4v) is 2.32. The molecule has 0 aliphatic rings. The number of hydrogen-bond acceptors (Lipinski definition) is 3. The van der Waals surface area contributed by atoms with Crippen molar-refractivity contribution in [1.29, 1.82) is 0 Å². The number of rotatable bonds is 4. The molecule has 1 amide bonds. The third-order valence-electron chi connectivity index (χ3n) is 2.93. The average molecular weight is 401 g/mol. The highest BCUT2D eigenvalue weighted by atomic mass is 79.9. The quantitative estimate of drug-likeness (QED) is 0.773. The van der Waals surface area contributed by atoms with Crippen molar-refractivity contribution in [2.24, 2.45) is 0 Å². The minimum atomic E-state index is -1.08. The van der Waals surface area contributed by atoms with Crippen LogP contribution < -0.4 is 5.32 Å². The molecule has 0 fully saturated rings. The van der Waals surface area contributed by atoms with Crippen molar-refractivity contribution >= 4 is 45.1 Å². The van der Waals surface area contributed by atoms with E-state index in [2.05, 4.69) is 21.2 Å². The van der Waals surface area contributed by atoms with Crippen molar-refractivity contribution < 1.29 is 18.7 Å². The molecule has 4 nitrogen and oxygen atoms in total. The van der Waals surface area contributed by atoms with Gasteiger partial charge >= 0.3 is 5.97 Å². The maximum atomic E-state index is 13.2. The lowest BCUT2D eigenvalue weighted by Crippen LogP contribution is -2.30. The van der Waals surface area contributed by atoms with Gasteiger partial charge in [0.15, 0.2) is 6.10 Å². The van der Waals surface area contributed by atoms with Crippen LogP contribution >= 0.6 is 27.5 Å².